The van der Waals surface area contributed by atoms with E-state index in [1.54, 1.807) is 4.68 Å². The first kappa shape index (κ1) is 18.5. The van der Waals surface area contributed by atoms with Gasteiger partial charge in [0.25, 0.3) is 5.91 Å². The second kappa shape index (κ2) is 8.36. The molecule has 1 aliphatic carbocycles. The number of hydrogen-bond donors (Lipinski definition) is 1. The van der Waals surface area contributed by atoms with Crippen LogP contribution >= 0.6 is 0 Å². The Morgan fingerprint density at radius 3 is 2.85 bits per heavy atom. The number of benzene rings is 1. The quantitative estimate of drug-likeness (QED) is 0.864. The molecule has 0 aliphatic heterocycles. The summed E-state index contributed by atoms with van der Waals surface area (Å²) in [5.74, 6) is 0.629. The van der Waals surface area contributed by atoms with Gasteiger partial charge in [-0.3, -0.25) is 9.48 Å². The highest BCUT2D eigenvalue weighted by Gasteiger charge is 2.27. The molecule has 1 fully saturated rings. The average Bonchev–Trinajstić information content (AvgIpc) is 3.07. The van der Waals surface area contributed by atoms with Crippen LogP contribution < -0.4 is 10.1 Å². The van der Waals surface area contributed by atoms with E-state index >= 15 is 0 Å². The summed E-state index contributed by atoms with van der Waals surface area (Å²) in [7, 11) is 6.05. The number of carbonyl (C=O) groups is 1. The Hall–Kier alpha value is -2.34. The van der Waals surface area contributed by atoms with Gasteiger partial charge in [0.2, 0.25) is 0 Å². The Balaban J connectivity index is 1.56. The van der Waals surface area contributed by atoms with E-state index in [4.69, 9.17) is 4.74 Å². The summed E-state index contributed by atoms with van der Waals surface area (Å²) in [5.41, 5.74) is 2.05. The fourth-order valence-electron chi connectivity index (χ4n) is 3.63. The van der Waals surface area contributed by atoms with Crippen molar-refractivity contribution in [3.8, 4) is 16.9 Å². The number of aryl methyl sites for hydroxylation is 1. The first-order chi connectivity index (χ1) is 12.5. The Morgan fingerprint density at radius 2 is 2.12 bits per heavy atom. The summed E-state index contributed by atoms with van der Waals surface area (Å²) < 4.78 is 7.49. The molecule has 140 valence electrons. The summed E-state index contributed by atoms with van der Waals surface area (Å²) >= 11 is 0. The molecule has 1 aromatic heterocycles. The molecule has 0 spiro atoms. The molecule has 1 heterocycles. The van der Waals surface area contributed by atoms with E-state index in [-0.39, 0.29) is 18.6 Å². The van der Waals surface area contributed by atoms with Crippen molar-refractivity contribution >= 4 is 5.91 Å². The van der Waals surface area contributed by atoms with Gasteiger partial charge in [0.1, 0.15) is 5.75 Å². The van der Waals surface area contributed by atoms with Crippen LogP contribution in [0.5, 0.6) is 5.75 Å². The molecule has 3 rings (SSSR count). The van der Waals surface area contributed by atoms with Crippen LogP contribution in [-0.4, -0.2) is 53.4 Å². The highest BCUT2D eigenvalue weighted by atomic mass is 16.5. The van der Waals surface area contributed by atoms with E-state index in [0.29, 0.717) is 11.8 Å². The number of hydrogen-bond acceptors (Lipinski definition) is 4. The van der Waals surface area contributed by atoms with Crippen molar-refractivity contribution in [2.45, 2.75) is 37.8 Å². The predicted octanol–water partition coefficient (Wildman–Crippen LogP) is 2.45. The summed E-state index contributed by atoms with van der Waals surface area (Å²) in [6.45, 7) is 0.0349. The van der Waals surface area contributed by atoms with Crippen molar-refractivity contribution in [3.63, 3.8) is 0 Å². The smallest absolute Gasteiger partial charge is 0.258 e. The molecular weight excluding hydrogens is 328 g/mol. The SMILES string of the molecule is CN(C)C1CCCCC1NC(=O)COc1cccc(-c2cnn(C)c2)c1. The van der Waals surface area contributed by atoms with Crippen LogP contribution in [0.3, 0.4) is 0 Å². The third kappa shape index (κ3) is 4.64. The van der Waals surface area contributed by atoms with Crippen molar-refractivity contribution in [2.75, 3.05) is 20.7 Å². The lowest BCUT2D eigenvalue weighted by atomic mass is 9.89. The predicted molar refractivity (Wildman–Crippen MR) is 102 cm³/mol. The summed E-state index contributed by atoms with van der Waals surface area (Å²) in [4.78, 5) is 14.6. The van der Waals surface area contributed by atoms with Crippen molar-refractivity contribution in [3.05, 3.63) is 36.7 Å². The average molecular weight is 356 g/mol. The van der Waals surface area contributed by atoms with E-state index in [1.165, 1.54) is 12.8 Å². The topological polar surface area (TPSA) is 59.4 Å². The lowest BCUT2D eigenvalue weighted by Crippen LogP contribution is -2.52. The number of nitrogens with one attached hydrogen (secondary N) is 1. The van der Waals surface area contributed by atoms with Gasteiger partial charge in [-0.1, -0.05) is 25.0 Å². The summed E-state index contributed by atoms with van der Waals surface area (Å²) in [6.07, 6.45) is 8.33. The molecule has 1 aromatic carbocycles. The van der Waals surface area contributed by atoms with Gasteiger partial charge in [-0.2, -0.15) is 5.10 Å². The molecule has 1 aliphatic rings. The van der Waals surface area contributed by atoms with Gasteiger partial charge in [-0.15, -0.1) is 0 Å². The van der Waals surface area contributed by atoms with E-state index in [2.05, 4.69) is 29.4 Å². The first-order valence-electron chi connectivity index (χ1n) is 9.20. The van der Waals surface area contributed by atoms with Crippen molar-refractivity contribution in [2.24, 2.45) is 7.05 Å². The third-order valence-corrected chi connectivity index (χ3v) is 4.98. The van der Waals surface area contributed by atoms with Crippen LogP contribution in [0.25, 0.3) is 11.1 Å². The molecule has 0 bridgehead atoms. The molecule has 0 saturated heterocycles. The number of nitrogens with zero attached hydrogens (tertiary/aromatic N) is 3. The molecule has 1 saturated carbocycles. The van der Waals surface area contributed by atoms with Crippen LogP contribution in [-0.2, 0) is 11.8 Å². The van der Waals surface area contributed by atoms with Gasteiger partial charge in [0.15, 0.2) is 6.61 Å². The molecule has 6 heteroatoms. The summed E-state index contributed by atoms with van der Waals surface area (Å²) in [6, 6.07) is 8.36. The molecule has 1 amide bonds. The minimum atomic E-state index is -0.0597. The lowest BCUT2D eigenvalue weighted by molar-refractivity contribution is -0.124. The van der Waals surface area contributed by atoms with Crippen molar-refractivity contribution in [1.29, 1.82) is 0 Å². The minimum Gasteiger partial charge on any atom is -0.484 e. The molecule has 2 unspecified atom stereocenters. The maximum Gasteiger partial charge on any atom is 0.258 e. The highest BCUT2D eigenvalue weighted by molar-refractivity contribution is 5.78. The molecule has 26 heavy (non-hydrogen) atoms. The number of ether oxygens (including phenoxy) is 1. The standard InChI is InChI=1S/C20H28N4O2/c1-23(2)19-10-5-4-9-18(19)22-20(25)14-26-17-8-6-7-15(11-17)16-12-21-24(3)13-16/h6-8,11-13,18-19H,4-5,9-10,14H2,1-3H3,(H,22,25). The van der Waals surface area contributed by atoms with Gasteiger partial charge < -0.3 is 15.0 Å². The molecular formula is C20H28N4O2. The van der Waals surface area contributed by atoms with Gasteiger partial charge in [0.05, 0.1) is 6.20 Å². The molecule has 2 atom stereocenters. The van der Waals surface area contributed by atoms with E-state index in [9.17, 15) is 4.79 Å². The molecule has 6 nitrogen and oxygen atoms in total. The van der Waals surface area contributed by atoms with Crippen LogP contribution in [0.4, 0.5) is 0 Å². The second-order valence-corrected chi connectivity index (χ2v) is 7.21. The lowest BCUT2D eigenvalue weighted by Gasteiger charge is -2.36. The fourth-order valence-corrected chi connectivity index (χ4v) is 3.63. The number of amides is 1. The van der Waals surface area contributed by atoms with Crippen LogP contribution in [0.1, 0.15) is 25.7 Å². The maximum absolute atomic E-state index is 12.3. The van der Waals surface area contributed by atoms with Crippen LogP contribution in [0, 0.1) is 0 Å². The molecule has 0 radical (unpaired) electrons. The first-order valence-corrected chi connectivity index (χ1v) is 9.20. The maximum atomic E-state index is 12.3. The van der Waals surface area contributed by atoms with Crippen LogP contribution in [0.15, 0.2) is 36.7 Å². The van der Waals surface area contributed by atoms with E-state index in [1.807, 2.05) is 43.7 Å². The Morgan fingerprint density at radius 1 is 1.31 bits per heavy atom. The number of rotatable bonds is 6. The number of carbonyl (C=O) groups excluding carboxylic acids is 1. The Labute approximate surface area is 155 Å². The van der Waals surface area contributed by atoms with Gasteiger partial charge in [-0.25, -0.2) is 0 Å². The second-order valence-electron chi connectivity index (χ2n) is 7.21. The molecule has 1 N–H and O–H groups in total. The zero-order valence-corrected chi connectivity index (χ0v) is 15.8. The van der Waals surface area contributed by atoms with Gasteiger partial charge >= 0.3 is 0 Å². The fraction of sp³-hybridized carbons (Fsp3) is 0.500. The molecule has 2 aromatic rings. The monoisotopic (exact) mass is 356 g/mol. The number of likely N-dealkylation sites (N-methyl/N-ethyl adjacent to an activating group) is 1. The zero-order chi connectivity index (χ0) is 18.5. The number of aromatic nitrogens is 2. The van der Waals surface area contributed by atoms with Crippen molar-refractivity contribution in [1.82, 2.24) is 20.0 Å². The van der Waals surface area contributed by atoms with Gasteiger partial charge in [0, 0.05) is 30.9 Å². The zero-order valence-electron chi connectivity index (χ0n) is 15.8. The van der Waals surface area contributed by atoms with Crippen molar-refractivity contribution < 1.29 is 9.53 Å². The van der Waals surface area contributed by atoms with Crippen LogP contribution in [0.2, 0.25) is 0 Å². The van der Waals surface area contributed by atoms with E-state index < -0.39 is 0 Å². The summed E-state index contributed by atoms with van der Waals surface area (Å²) in [5, 5.41) is 7.34. The third-order valence-electron chi connectivity index (χ3n) is 4.98. The van der Waals surface area contributed by atoms with E-state index in [0.717, 1.165) is 24.0 Å². The van der Waals surface area contributed by atoms with Gasteiger partial charge in [-0.05, 0) is 44.6 Å². The Bertz CT molecular complexity index is 741. The normalized spacial score (nSPS) is 20.2. The minimum absolute atomic E-state index is 0.0349. The largest absolute Gasteiger partial charge is 0.484 e. The Kier molecular flexibility index (Phi) is 5.93. The highest BCUT2D eigenvalue weighted by Crippen LogP contribution is 2.24.